The van der Waals surface area contributed by atoms with Crippen molar-refractivity contribution in [2.75, 3.05) is 0 Å². The van der Waals surface area contributed by atoms with Crippen LogP contribution >= 0.6 is 0 Å². The van der Waals surface area contributed by atoms with Crippen LogP contribution in [0.1, 0.15) is 32.6 Å². The summed E-state index contributed by atoms with van der Waals surface area (Å²) in [6, 6.07) is 0. The van der Waals surface area contributed by atoms with E-state index in [1.54, 1.807) is 0 Å². The molecule has 1 radical (unpaired) electrons. The first-order chi connectivity index (χ1) is 3.27. The number of hydrogen-bond acceptors (Lipinski definition) is 0. The maximum absolute atomic E-state index is 10.9. The SMILES string of the molecule is CCC1([O])CCC1. The van der Waals surface area contributed by atoms with E-state index in [2.05, 4.69) is 0 Å². The van der Waals surface area contributed by atoms with Crippen molar-refractivity contribution >= 4 is 0 Å². The average molecular weight is 99.2 g/mol. The molecular formula is C6H11O. The number of rotatable bonds is 1. The zero-order valence-corrected chi connectivity index (χ0v) is 4.74. The highest BCUT2D eigenvalue weighted by molar-refractivity contribution is 4.84. The quantitative estimate of drug-likeness (QED) is 0.477. The van der Waals surface area contributed by atoms with Crippen LogP contribution in [0.3, 0.4) is 0 Å². The molecular weight excluding hydrogens is 88.1 g/mol. The zero-order valence-electron chi connectivity index (χ0n) is 4.74. The second-order valence-electron chi connectivity index (χ2n) is 2.39. The summed E-state index contributed by atoms with van der Waals surface area (Å²) in [5, 5.41) is 10.9. The van der Waals surface area contributed by atoms with E-state index < -0.39 is 5.60 Å². The molecule has 41 valence electrons. The lowest BCUT2D eigenvalue weighted by molar-refractivity contribution is -0.0936. The lowest BCUT2D eigenvalue weighted by atomic mass is 9.78. The molecule has 0 spiro atoms. The Kier molecular flexibility index (Phi) is 1.08. The topological polar surface area (TPSA) is 19.9 Å². The summed E-state index contributed by atoms with van der Waals surface area (Å²) in [4.78, 5) is 0. The van der Waals surface area contributed by atoms with Gasteiger partial charge in [0, 0.05) is 0 Å². The molecule has 0 atom stereocenters. The van der Waals surface area contributed by atoms with Crippen molar-refractivity contribution in [3.05, 3.63) is 0 Å². The molecule has 1 aliphatic rings. The van der Waals surface area contributed by atoms with Crippen LogP contribution in [0.2, 0.25) is 0 Å². The Balaban J connectivity index is 2.29. The van der Waals surface area contributed by atoms with Gasteiger partial charge in [-0.15, -0.1) is 0 Å². The molecule has 1 heteroatoms. The van der Waals surface area contributed by atoms with Crippen LogP contribution in [-0.4, -0.2) is 5.60 Å². The summed E-state index contributed by atoms with van der Waals surface area (Å²) < 4.78 is 0. The Morgan fingerprint density at radius 3 is 2.14 bits per heavy atom. The lowest BCUT2D eigenvalue weighted by Gasteiger charge is -2.32. The molecule has 0 unspecified atom stereocenters. The largest absolute Gasteiger partial charge is 0.230 e. The molecule has 0 amide bonds. The Morgan fingerprint density at radius 1 is 1.57 bits per heavy atom. The van der Waals surface area contributed by atoms with Gasteiger partial charge >= 0.3 is 0 Å². The smallest absolute Gasteiger partial charge is 0.103 e. The van der Waals surface area contributed by atoms with Crippen molar-refractivity contribution in [2.24, 2.45) is 0 Å². The summed E-state index contributed by atoms with van der Waals surface area (Å²) in [6.07, 6.45) is 3.83. The summed E-state index contributed by atoms with van der Waals surface area (Å²) in [7, 11) is 0. The van der Waals surface area contributed by atoms with Gasteiger partial charge in [0.2, 0.25) is 0 Å². The van der Waals surface area contributed by atoms with Gasteiger partial charge in [-0.2, -0.15) is 0 Å². The van der Waals surface area contributed by atoms with Gasteiger partial charge < -0.3 is 0 Å². The Morgan fingerprint density at radius 2 is 2.14 bits per heavy atom. The second kappa shape index (κ2) is 1.48. The van der Waals surface area contributed by atoms with Gasteiger partial charge in [-0.05, 0) is 25.7 Å². The molecule has 0 heterocycles. The van der Waals surface area contributed by atoms with Gasteiger partial charge in [0.1, 0.15) is 5.60 Å². The van der Waals surface area contributed by atoms with E-state index in [0.717, 1.165) is 25.7 Å². The third-order valence-corrected chi connectivity index (χ3v) is 1.91. The zero-order chi connectivity index (χ0) is 5.33. The van der Waals surface area contributed by atoms with Crippen molar-refractivity contribution in [1.82, 2.24) is 0 Å². The normalized spacial score (nSPS) is 26.6. The van der Waals surface area contributed by atoms with Gasteiger partial charge in [-0.1, -0.05) is 6.92 Å². The lowest BCUT2D eigenvalue weighted by Crippen LogP contribution is -2.33. The number of hydrogen-bond donors (Lipinski definition) is 0. The first-order valence-corrected chi connectivity index (χ1v) is 2.97. The molecule has 0 aromatic heterocycles. The Bertz CT molecular complexity index is 59.1. The molecule has 7 heavy (non-hydrogen) atoms. The molecule has 0 bridgehead atoms. The van der Waals surface area contributed by atoms with Gasteiger partial charge in [0.15, 0.2) is 0 Å². The first kappa shape index (κ1) is 5.10. The van der Waals surface area contributed by atoms with E-state index in [-0.39, 0.29) is 0 Å². The van der Waals surface area contributed by atoms with Gasteiger partial charge in [0.25, 0.3) is 0 Å². The molecule has 1 fully saturated rings. The first-order valence-electron chi connectivity index (χ1n) is 2.97. The third kappa shape index (κ3) is 0.778. The maximum Gasteiger partial charge on any atom is 0.103 e. The Labute approximate surface area is 44.4 Å². The predicted octanol–water partition coefficient (Wildman–Crippen LogP) is 1.75. The summed E-state index contributed by atoms with van der Waals surface area (Å²) in [5.41, 5.74) is -0.486. The molecule has 1 aliphatic carbocycles. The van der Waals surface area contributed by atoms with Crippen LogP contribution in [0.25, 0.3) is 0 Å². The fourth-order valence-electron chi connectivity index (χ4n) is 0.925. The average Bonchev–Trinajstić information content (AvgIpc) is 1.61. The molecule has 0 N–H and O–H groups in total. The van der Waals surface area contributed by atoms with Gasteiger partial charge in [-0.25, -0.2) is 5.11 Å². The molecule has 1 nitrogen and oxygen atoms in total. The van der Waals surface area contributed by atoms with Gasteiger partial charge in [0.05, 0.1) is 0 Å². The minimum atomic E-state index is -0.486. The summed E-state index contributed by atoms with van der Waals surface area (Å²) in [6.45, 7) is 1.98. The minimum absolute atomic E-state index is 0.486. The molecule has 0 aromatic rings. The van der Waals surface area contributed by atoms with E-state index in [1.165, 1.54) is 0 Å². The molecule has 1 rings (SSSR count). The Hall–Kier alpha value is -0.0400. The maximum atomic E-state index is 10.9. The van der Waals surface area contributed by atoms with Crippen LogP contribution in [0.5, 0.6) is 0 Å². The van der Waals surface area contributed by atoms with Crippen molar-refractivity contribution in [3.8, 4) is 0 Å². The molecule has 0 saturated heterocycles. The monoisotopic (exact) mass is 99.1 g/mol. The third-order valence-electron chi connectivity index (χ3n) is 1.91. The predicted molar refractivity (Wildman–Crippen MR) is 27.6 cm³/mol. The van der Waals surface area contributed by atoms with Crippen LogP contribution in [0.15, 0.2) is 0 Å². The minimum Gasteiger partial charge on any atom is -0.230 e. The van der Waals surface area contributed by atoms with Crippen molar-refractivity contribution < 1.29 is 5.11 Å². The van der Waals surface area contributed by atoms with E-state index >= 15 is 0 Å². The fraction of sp³-hybridized carbons (Fsp3) is 1.00. The van der Waals surface area contributed by atoms with Crippen LogP contribution < -0.4 is 0 Å². The molecule has 1 saturated carbocycles. The van der Waals surface area contributed by atoms with E-state index in [1.807, 2.05) is 6.92 Å². The van der Waals surface area contributed by atoms with Gasteiger partial charge in [-0.3, -0.25) is 0 Å². The van der Waals surface area contributed by atoms with E-state index in [9.17, 15) is 5.11 Å². The summed E-state index contributed by atoms with van der Waals surface area (Å²) >= 11 is 0. The molecule has 0 aromatic carbocycles. The van der Waals surface area contributed by atoms with Crippen LogP contribution in [0, 0.1) is 0 Å². The fourth-order valence-corrected chi connectivity index (χ4v) is 0.925. The van der Waals surface area contributed by atoms with Crippen LogP contribution in [0.4, 0.5) is 0 Å². The standard InChI is InChI=1S/C6H11O/c1-2-6(7)4-3-5-6/h2-5H2,1H3. The van der Waals surface area contributed by atoms with Crippen LogP contribution in [-0.2, 0) is 5.11 Å². The summed E-state index contributed by atoms with van der Waals surface area (Å²) in [5.74, 6) is 0. The molecule has 0 aliphatic heterocycles. The highest BCUT2D eigenvalue weighted by atomic mass is 16.3. The van der Waals surface area contributed by atoms with E-state index in [4.69, 9.17) is 0 Å². The highest BCUT2D eigenvalue weighted by Gasteiger charge is 2.33. The van der Waals surface area contributed by atoms with Crippen molar-refractivity contribution in [3.63, 3.8) is 0 Å². The van der Waals surface area contributed by atoms with Crippen molar-refractivity contribution in [2.45, 2.75) is 38.2 Å². The van der Waals surface area contributed by atoms with Crippen molar-refractivity contribution in [1.29, 1.82) is 0 Å². The highest BCUT2D eigenvalue weighted by Crippen LogP contribution is 2.34. The van der Waals surface area contributed by atoms with E-state index in [0.29, 0.717) is 0 Å². The second-order valence-corrected chi connectivity index (χ2v) is 2.39.